The molecule has 17 heavy (non-hydrogen) atoms. The average molecular weight is 263 g/mol. The fourth-order valence-electron chi connectivity index (χ4n) is 1.12. The molecule has 0 aliphatic rings. The van der Waals surface area contributed by atoms with Gasteiger partial charge in [-0.25, -0.2) is 13.2 Å². The molecule has 1 aromatic rings. The van der Waals surface area contributed by atoms with Crippen molar-refractivity contribution in [1.82, 2.24) is 4.72 Å². The molecule has 1 atom stereocenters. The first-order chi connectivity index (χ1) is 7.91. The van der Waals surface area contributed by atoms with E-state index in [9.17, 15) is 13.2 Å². The summed E-state index contributed by atoms with van der Waals surface area (Å²) in [5.41, 5.74) is 0.00551. The molecule has 96 valence electrons. The van der Waals surface area contributed by atoms with Crippen LogP contribution in [-0.4, -0.2) is 5.25 Å². The van der Waals surface area contributed by atoms with Crippen molar-refractivity contribution in [1.29, 1.82) is 0 Å². The molecule has 0 heterocycles. The van der Waals surface area contributed by atoms with Gasteiger partial charge >= 0.3 is 0 Å². The first-order valence-corrected chi connectivity index (χ1v) is 6.31. The molecule has 0 aromatic heterocycles. The average Bonchev–Trinajstić information content (AvgIpc) is 2.24. The van der Waals surface area contributed by atoms with E-state index in [1.807, 2.05) is 6.92 Å². The van der Waals surface area contributed by atoms with E-state index in [0.717, 1.165) is 6.07 Å². The van der Waals surface area contributed by atoms with E-state index in [1.54, 1.807) is 0 Å². The fraction of sp³-hybridized carbons (Fsp3) is 0.500. The summed E-state index contributed by atoms with van der Waals surface area (Å²) < 4.78 is 42.0. The Morgan fingerprint density at radius 2 is 1.82 bits per heavy atom. The Kier molecular flexibility index (Phi) is 5.33. The Labute approximate surface area is 104 Å². The van der Waals surface area contributed by atoms with Crippen molar-refractivity contribution in [3.63, 3.8) is 0 Å². The summed E-state index contributed by atoms with van der Waals surface area (Å²) in [5.74, 6) is -2.43. The first kappa shape index (κ1) is 14.4. The number of nitrogens with one attached hydrogen (secondary N) is 1. The Balaban J connectivity index is 2.58. The summed E-state index contributed by atoms with van der Waals surface area (Å²) in [6.45, 7) is 6.27. The highest BCUT2D eigenvalue weighted by Crippen LogP contribution is 2.18. The standard InChI is InChI=1S/C12H16F3NS/c1-7(2)8(3)17-16-6-9-4-10(13)5-11(14)12(9)15/h4-5,7-8,16H,6H2,1-3H3. The SMILES string of the molecule is CC(C)C(C)SNCc1cc(F)cc(F)c1F. The molecular formula is C12H16F3NS. The second kappa shape index (κ2) is 6.31. The molecule has 5 heteroatoms. The smallest absolute Gasteiger partial charge is 0.163 e. The molecule has 1 unspecified atom stereocenters. The number of benzene rings is 1. The van der Waals surface area contributed by atoms with E-state index < -0.39 is 17.5 Å². The van der Waals surface area contributed by atoms with Gasteiger partial charge in [0.15, 0.2) is 11.6 Å². The molecule has 1 nitrogen and oxygen atoms in total. The molecule has 0 bridgehead atoms. The molecule has 0 aliphatic heterocycles. The maximum Gasteiger partial charge on any atom is 0.163 e. The summed E-state index contributed by atoms with van der Waals surface area (Å²) in [4.78, 5) is 0. The third kappa shape index (κ3) is 4.24. The van der Waals surface area contributed by atoms with Crippen LogP contribution in [0.4, 0.5) is 13.2 Å². The lowest BCUT2D eigenvalue weighted by Crippen LogP contribution is -2.15. The number of hydrogen-bond donors (Lipinski definition) is 1. The maximum atomic E-state index is 13.3. The van der Waals surface area contributed by atoms with Crippen molar-refractivity contribution in [2.75, 3.05) is 0 Å². The van der Waals surface area contributed by atoms with E-state index in [0.29, 0.717) is 17.2 Å². The van der Waals surface area contributed by atoms with Crippen molar-refractivity contribution in [3.8, 4) is 0 Å². The normalized spacial score (nSPS) is 13.1. The lowest BCUT2D eigenvalue weighted by atomic mass is 10.2. The Bertz CT molecular complexity index is 382. The number of rotatable bonds is 5. The topological polar surface area (TPSA) is 12.0 Å². The highest BCUT2D eigenvalue weighted by molar-refractivity contribution is 7.98. The predicted octanol–water partition coefficient (Wildman–Crippen LogP) is 3.89. The monoisotopic (exact) mass is 263 g/mol. The molecule has 1 N–H and O–H groups in total. The third-order valence-corrected chi connectivity index (χ3v) is 3.77. The maximum absolute atomic E-state index is 13.3. The minimum atomic E-state index is -1.15. The van der Waals surface area contributed by atoms with E-state index >= 15 is 0 Å². The van der Waals surface area contributed by atoms with E-state index in [-0.39, 0.29) is 12.1 Å². The Morgan fingerprint density at radius 1 is 1.18 bits per heavy atom. The summed E-state index contributed by atoms with van der Waals surface area (Å²) in [7, 11) is 0. The summed E-state index contributed by atoms with van der Waals surface area (Å²) in [6.07, 6.45) is 0. The largest absolute Gasteiger partial charge is 0.259 e. The van der Waals surface area contributed by atoms with Gasteiger partial charge < -0.3 is 0 Å². The van der Waals surface area contributed by atoms with Crippen LogP contribution in [0.15, 0.2) is 12.1 Å². The fourth-order valence-corrected chi connectivity index (χ4v) is 1.90. The van der Waals surface area contributed by atoms with Crippen LogP contribution in [0.3, 0.4) is 0 Å². The second-order valence-corrected chi connectivity index (χ2v) is 5.52. The minimum absolute atomic E-state index is 0.00551. The van der Waals surface area contributed by atoms with Crippen LogP contribution in [0.2, 0.25) is 0 Å². The molecule has 1 aromatic carbocycles. The zero-order valence-corrected chi connectivity index (χ0v) is 10.9. The second-order valence-electron chi connectivity index (χ2n) is 4.25. The molecular weight excluding hydrogens is 247 g/mol. The predicted molar refractivity (Wildman–Crippen MR) is 65.0 cm³/mol. The highest BCUT2D eigenvalue weighted by Gasteiger charge is 2.12. The molecule has 0 radical (unpaired) electrons. The Hall–Kier alpha value is -0.680. The van der Waals surface area contributed by atoms with Crippen LogP contribution in [-0.2, 0) is 6.54 Å². The molecule has 1 rings (SSSR count). The van der Waals surface area contributed by atoms with Crippen molar-refractivity contribution in [3.05, 3.63) is 35.1 Å². The third-order valence-electron chi connectivity index (χ3n) is 2.54. The van der Waals surface area contributed by atoms with Crippen LogP contribution in [0.5, 0.6) is 0 Å². The minimum Gasteiger partial charge on any atom is -0.259 e. The molecule has 0 fully saturated rings. The van der Waals surface area contributed by atoms with Gasteiger partial charge in [0.2, 0.25) is 0 Å². The van der Waals surface area contributed by atoms with Gasteiger partial charge in [-0.1, -0.05) is 32.7 Å². The molecule has 0 amide bonds. The van der Waals surface area contributed by atoms with Gasteiger partial charge in [0, 0.05) is 23.4 Å². The van der Waals surface area contributed by atoms with Crippen LogP contribution < -0.4 is 4.72 Å². The summed E-state index contributed by atoms with van der Waals surface area (Å²) in [5, 5.41) is 0.344. The van der Waals surface area contributed by atoms with Gasteiger partial charge in [-0.05, 0) is 12.0 Å². The first-order valence-electron chi connectivity index (χ1n) is 5.43. The summed E-state index contributed by atoms with van der Waals surface area (Å²) in [6, 6.07) is 1.55. The van der Waals surface area contributed by atoms with Gasteiger partial charge in [0.1, 0.15) is 5.82 Å². The zero-order chi connectivity index (χ0) is 13.0. The van der Waals surface area contributed by atoms with E-state index in [2.05, 4.69) is 18.6 Å². The molecule has 0 saturated carbocycles. The van der Waals surface area contributed by atoms with Crippen LogP contribution in [0, 0.1) is 23.4 Å². The van der Waals surface area contributed by atoms with Gasteiger partial charge in [-0.15, -0.1) is 0 Å². The molecule has 0 spiro atoms. The lowest BCUT2D eigenvalue weighted by molar-refractivity contribution is 0.484. The van der Waals surface area contributed by atoms with Crippen molar-refractivity contribution < 1.29 is 13.2 Å². The van der Waals surface area contributed by atoms with Gasteiger partial charge in [-0.3, -0.25) is 4.72 Å². The van der Waals surface area contributed by atoms with E-state index in [1.165, 1.54) is 11.9 Å². The molecule has 0 saturated heterocycles. The quantitative estimate of drug-likeness (QED) is 0.639. The van der Waals surface area contributed by atoms with Crippen LogP contribution in [0.1, 0.15) is 26.3 Å². The van der Waals surface area contributed by atoms with Gasteiger partial charge in [0.05, 0.1) is 0 Å². The van der Waals surface area contributed by atoms with Gasteiger partial charge in [-0.2, -0.15) is 0 Å². The van der Waals surface area contributed by atoms with Gasteiger partial charge in [0.25, 0.3) is 0 Å². The zero-order valence-electron chi connectivity index (χ0n) is 10.1. The number of hydrogen-bond acceptors (Lipinski definition) is 2. The highest BCUT2D eigenvalue weighted by atomic mass is 32.2. The van der Waals surface area contributed by atoms with Crippen molar-refractivity contribution >= 4 is 11.9 Å². The summed E-state index contributed by atoms with van der Waals surface area (Å²) >= 11 is 1.44. The molecule has 0 aliphatic carbocycles. The number of halogens is 3. The van der Waals surface area contributed by atoms with Crippen molar-refractivity contribution in [2.45, 2.75) is 32.6 Å². The lowest BCUT2D eigenvalue weighted by Gasteiger charge is -2.15. The van der Waals surface area contributed by atoms with Crippen LogP contribution in [0.25, 0.3) is 0 Å². The van der Waals surface area contributed by atoms with Crippen molar-refractivity contribution in [2.24, 2.45) is 5.92 Å². The van der Waals surface area contributed by atoms with E-state index in [4.69, 9.17) is 0 Å². The Morgan fingerprint density at radius 3 is 2.41 bits per heavy atom. The van der Waals surface area contributed by atoms with Crippen LogP contribution >= 0.6 is 11.9 Å².